The molecule has 96 valence electrons. The standard InChI is InChI=1S/C15H20N2O/c16-10-15(14-4-2-1-3-5-14)12-17-8-6-13(11-17)7-9-18/h1-5,13,15,18H,6-9,11-12H2. The number of benzene rings is 1. The van der Waals surface area contributed by atoms with Gasteiger partial charge in [0.05, 0.1) is 12.0 Å². The van der Waals surface area contributed by atoms with Gasteiger partial charge in [-0.15, -0.1) is 0 Å². The van der Waals surface area contributed by atoms with Crippen molar-refractivity contribution in [3.8, 4) is 6.07 Å². The molecule has 1 aliphatic rings. The van der Waals surface area contributed by atoms with Crippen molar-refractivity contribution < 1.29 is 5.11 Å². The molecule has 1 heterocycles. The molecule has 3 heteroatoms. The van der Waals surface area contributed by atoms with Crippen molar-refractivity contribution in [3.63, 3.8) is 0 Å². The van der Waals surface area contributed by atoms with Gasteiger partial charge >= 0.3 is 0 Å². The highest BCUT2D eigenvalue weighted by Gasteiger charge is 2.24. The third-order valence-electron chi connectivity index (χ3n) is 3.71. The molecule has 1 saturated heterocycles. The van der Waals surface area contributed by atoms with Crippen molar-refractivity contribution >= 4 is 0 Å². The molecule has 1 N–H and O–H groups in total. The summed E-state index contributed by atoms with van der Waals surface area (Å²) >= 11 is 0. The molecular formula is C15H20N2O. The first kappa shape index (κ1) is 13.1. The summed E-state index contributed by atoms with van der Waals surface area (Å²) in [4.78, 5) is 2.35. The van der Waals surface area contributed by atoms with Crippen LogP contribution in [0.5, 0.6) is 0 Å². The van der Waals surface area contributed by atoms with E-state index in [4.69, 9.17) is 5.11 Å². The number of aliphatic hydroxyl groups excluding tert-OH is 1. The van der Waals surface area contributed by atoms with Gasteiger partial charge in [-0.3, -0.25) is 0 Å². The van der Waals surface area contributed by atoms with Crippen molar-refractivity contribution in [1.82, 2.24) is 4.90 Å². The first-order chi connectivity index (χ1) is 8.83. The lowest BCUT2D eigenvalue weighted by Crippen LogP contribution is -2.26. The smallest absolute Gasteiger partial charge is 0.0839 e. The van der Waals surface area contributed by atoms with Crippen LogP contribution in [-0.4, -0.2) is 36.2 Å². The van der Waals surface area contributed by atoms with E-state index in [1.54, 1.807) is 0 Å². The average molecular weight is 244 g/mol. The second kappa shape index (κ2) is 6.53. The van der Waals surface area contributed by atoms with Gasteiger partial charge in [-0.1, -0.05) is 30.3 Å². The minimum atomic E-state index is -0.0425. The zero-order valence-electron chi connectivity index (χ0n) is 10.6. The van der Waals surface area contributed by atoms with E-state index in [1.807, 2.05) is 30.3 Å². The molecule has 1 fully saturated rings. The summed E-state index contributed by atoms with van der Waals surface area (Å²) in [6, 6.07) is 12.4. The maximum absolute atomic E-state index is 9.29. The SMILES string of the molecule is N#CC(CN1CCC(CCO)C1)c1ccccc1. The second-order valence-corrected chi connectivity index (χ2v) is 5.02. The number of nitrogens with zero attached hydrogens (tertiary/aromatic N) is 2. The first-order valence-electron chi connectivity index (χ1n) is 6.61. The quantitative estimate of drug-likeness (QED) is 0.861. The van der Waals surface area contributed by atoms with Crippen LogP contribution >= 0.6 is 0 Å². The number of aliphatic hydroxyl groups is 1. The molecule has 1 aliphatic heterocycles. The molecule has 0 bridgehead atoms. The minimum absolute atomic E-state index is 0.0425. The fraction of sp³-hybridized carbons (Fsp3) is 0.533. The van der Waals surface area contributed by atoms with Gasteiger partial charge in [0.1, 0.15) is 0 Å². The molecule has 1 aromatic carbocycles. The van der Waals surface area contributed by atoms with Crippen molar-refractivity contribution in [3.05, 3.63) is 35.9 Å². The van der Waals surface area contributed by atoms with E-state index >= 15 is 0 Å². The summed E-state index contributed by atoms with van der Waals surface area (Å²) in [5, 5.41) is 18.2. The van der Waals surface area contributed by atoms with E-state index in [0.29, 0.717) is 5.92 Å². The second-order valence-electron chi connectivity index (χ2n) is 5.02. The fourth-order valence-corrected chi connectivity index (χ4v) is 2.66. The largest absolute Gasteiger partial charge is 0.396 e. The predicted octanol–water partition coefficient (Wildman–Crippen LogP) is 2.00. The van der Waals surface area contributed by atoms with Crippen LogP contribution in [0.1, 0.15) is 24.3 Å². The Morgan fingerprint density at radius 2 is 2.17 bits per heavy atom. The molecule has 3 nitrogen and oxygen atoms in total. The highest BCUT2D eigenvalue weighted by atomic mass is 16.3. The zero-order chi connectivity index (χ0) is 12.8. The molecule has 2 unspecified atom stereocenters. The molecule has 18 heavy (non-hydrogen) atoms. The normalized spacial score (nSPS) is 21.7. The van der Waals surface area contributed by atoms with Gasteiger partial charge in [-0.2, -0.15) is 5.26 Å². The van der Waals surface area contributed by atoms with Crippen molar-refractivity contribution in [1.29, 1.82) is 5.26 Å². The number of likely N-dealkylation sites (tertiary alicyclic amines) is 1. The van der Waals surface area contributed by atoms with Crippen LogP contribution < -0.4 is 0 Å². The van der Waals surface area contributed by atoms with Gasteiger partial charge in [0, 0.05) is 19.7 Å². The number of rotatable bonds is 5. The van der Waals surface area contributed by atoms with Crippen LogP contribution in [0.2, 0.25) is 0 Å². The van der Waals surface area contributed by atoms with Crippen molar-refractivity contribution in [2.45, 2.75) is 18.8 Å². The summed E-state index contributed by atoms with van der Waals surface area (Å²) in [7, 11) is 0. The monoisotopic (exact) mass is 244 g/mol. The van der Waals surface area contributed by atoms with Crippen LogP contribution in [0, 0.1) is 17.2 Å². The molecule has 2 rings (SSSR count). The summed E-state index contributed by atoms with van der Waals surface area (Å²) in [6.07, 6.45) is 2.03. The maximum atomic E-state index is 9.29. The third kappa shape index (κ3) is 3.32. The molecular weight excluding hydrogens is 224 g/mol. The summed E-state index contributed by atoms with van der Waals surface area (Å²) < 4.78 is 0. The van der Waals surface area contributed by atoms with E-state index in [0.717, 1.165) is 38.0 Å². The summed E-state index contributed by atoms with van der Waals surface area (Å²) in [5.41, 5.74) is 1.10. The predicted molar refractivity (Wildman–Crippen MR) is 71.0 cm³/mol. The van der Waals surface area contributed by atoms with E-state index in [-0.39, 0.29) is 12.5 Å². The minimum Gasteiger partial charge on any atom is -0.396 e. The Bertz CT molecular complexity index is 399. The van der Waals surface area contributed by atoms with E-state index in [9.17, 15) is 5.26 Å². The summed E-state index contributed by atoms with van der Waals surface area (Å²) in [6.45, 7) is 3.16. The molecule has 0 aromatic heterocycles. The molecule has 1 aromatic rings. The highest BCUT2D eigenvalue weighted by Crippen LogP contribution is 2.23. The lowest BCUT2D eigenvalue weighted by atomic mass is 10.0. The molecule has 2 atom stereocenters. The Hall–Kier alpha value is -1.37. The Labute approximate surface area is 109 Å². The highest BCUT2D eigenvalue weighted by molar-refractivity contribution is 5.25. The van der Waals surface area contributed by atoms with Crippen molar-refractivity contribution in [2.75, 3.05) is 26.2 Å². The van der Waals surface area contributed by atoms with Gasteiger partial charge in [0.25, 0.3) is 0 Å². The van der Waals surface area contributed by atoms with Crippen LogP contribution in [-0.2, 0) is 0 Å². The zero-order valence-corrected chi connectivity index (χ0v) is 10.6. The van der Waals surface area contributed by atoms with Gasteiger partial charge in [-0.05, 0) is 30.9 Å². The van der Waals surface area contributed by atoms with Crippen molar-refractivity contribution in [2.24, 2.45) is 5.92 Å². The molecule has 0 spiro atoms. The van der Waals surface area contributed by atoms with Crippen LogP contribution in [0.3, 0.4) is 0 Å². The van der Waals surface area contributed by atoms with Gasteiger partial charge in [-0.25, -0.2) is 0 Å². The molecule has 0 aliphatic carbocycles. The Kier molecular flexibility index (Phi) is 4.74. The lowest BCUT2D eigenvalue weighted by Gasteiger charge is -2.19. The third-order valence-corrected chi connectivity index (χ3v) is 3.71. The topological polar surface area (TPSA) is 47.3 Å². The maximum Gasteiger partial charge on any atom is 0.0839 e. The molecule has 0 radical (unpaired) electrons. The summed E-state index contributed by atoms with van der Waals surface area (Å²) in [5.74, 6) is 0.559. The first-order valence-corrected chi connectivity index (χ1v) is 6.61. The van der Waals surface area contributed by atoms with Crippen LogP contribution in [0.15, 0.2) is 30.3 Å². The van der Waals surface area contributed by atoms with E-state index < -0.39 is 0 Å². The Morgan fingerprint density at radius 1 is 1.39 bits per heavy atom. The lowest BCUT2D eigenvalue weighted by molar-refractivity contribution is 0.250. The Balaban J connectivity index is 1.91. The van der Waals surface area contributed by atoms with Gasteiger partial charge in [0.15, 0.2) is 0 Å². The van der Waals surface area contributed by atoms with E-state index in [2.05, 4.69) is 11.0 Å². The number of hydrogen-bond donors (Lipinski definition) is 1. The molecule has 0 saturated carbocycles. The van der Waals surface area contributed by atoms with Gasteiger partial charge < -0.3 is 10.0 Å². The Morgan fingerprint density at radius 3 is 2.83 bits per heavy atom. The number of hydrogen-bond acceptors (Lipinski definition) is 3. The number of nitriles is 1. The van der Waals surface area contributed by atoms with Crippen LogP contribution in [0.4, 0.5) is 0 Å². The molecule has 0 amide bonds. The van der Waals surface area contributed by atoms with Crippen LogP contribution in [0.25, 0.3) is 0 Å². The average Bonchev–Trinajstić information content (AvgIpc) is 2.85. The fourth-order valence-electron chi connectivity index (χ4n) is 2.66. The van der Waals surface area contributed by atoms with Gasteiger partial charge in [0.2, 0.25) is 0 Å². The van der Waals surface area contributed by atoms with E-state index in [1.165, 1.54) is 0 Å².